The van der Waals surface area contributed by atoms with Crippen LogP contribution < -0.4 is 10.2 Å². The van der Waals surface area contributed by atoms with Gasteiger partial charge >= 0.3 is 5.97 Å². The van der Waals surface area contributed by atoms with Crippen molar-refractivity contribution in [2.24, 2.45) is 5.92 Å². The highest BCUT2D eigenvalue weighted by molar-refractivity contribution is 7.71. The molecule has 2 aromatic carbocycles. The van der Waals surface area contributed by atoms with Crippen molar-refractivity contribution in [2.45, 2.75) is 13.3 Å². The van der Waals surface area contributed by atoms with Crippen molar-refractivity contribution in [2.75, 3.05) is 37.8 Å². The summed E-state index contributed by atoms with van der Waals surface area (Å²) in [4.78, 5) is 37.8. The summed E-state index contributed by atoms with van der Waals surface area (Å²) in [6.45, 7) is 1.66. The standard InChI is InChI=1S/C25H28N6O6S/c1-16(32)20(24(35)36-3)8-5-9-22(33)21-13-18(10-11-23(21)34)30(2)15-37-14-26-17-6-4-7-19(12-17)31-25(38)27-28-29-31/h4-8,10-13,20,26,34H,9,14-15H2,1-3H3,(H,27,29,38)/b8-5-. The molecule has 0 spiro atoms. The number of hydrogen-bond acceptors (Lipinski definition) is 11. The van der Waals surface area contributed by atoms with Gasteiger partial charge in [-0.1, -0.05) is 28.5 Å². The van der Waals surface area contributed by atoms with E-state index >= 15 is 0 Å². The van der Waals surface area contributed by atoms with Gasteiger partial charge in [0, 0.05) is 24.8 Å². The highest BCUT2D eigenvalue weighted by Crippen LogP contribution is 2.25. The van der Waals surface area contributed by atoms with E-state index in [1.54, 1.807) is 28.8 Å². The quantitative estimate of drug-likeness (QED) is 0.0558. The van der Waals surface area contributed by atoms with Crippen LogP contribution in [0.25, 0.3) is 5.69 Å². The molecule has 1 aromatic heterocycles. The van der Waals surface area contributed by atoms with Gasteiger partial charge in [0.05, 0.1) is 18.4 Å². The zero-order valence-corrected chi connectivity index (χ0v) is 21.9. The summed E-state index contributed by atoms with van der Waals surface area (Å²) >= 11 is 5.12. The van der Waals surface area contributed by atoms with Gasteiger partial charge < -0.3 is 24.8 Å². The van der Waals surface area contributed by atoms with Crippen LogP contribution in [0, 0.1) is 10.7 Å². The molecular weight excluding hydrogens is 512 g/mol. The van der Waals surface area contributed by atoms with E-state index in [1.165, 1.54) is 32.3 Å². The van der Waals surface area contributed by atoms with Gasteiger partial charge in [-0.2, -0.15) is 5.21 Å². The first-order valence-electron chi connectivity index (χ1n) is 11.5. The van der Waals surface area contributed by atoms with E-state index in [9.17, 15) is 19.5 Å². The van der Waals surface area contributed by atoms with Crippen LogP contribution in [0.4, 0.5) is 11.4 Å². The lowest BCUT2D eigenvalue weighted by Crippen LogP contribution is -2.23. The molecule has 1 unspecified atom stereocenters. The monoisotopic (exact) mass is 540 g/mol. The predicted octanol–water partition coefficient (Wildman–Crippen LogP) is 3.02. The van der Waals surface area contributed by atoms with Crippen LogP contribution in [-0.2, 0) is 19.1 Å². The molecule has 3 aromatic rings. The summed E-state index contributed by atoms with van der Waals surface area (Å²) < 4.78 is 12.2. The SMILES string of the molecule is COC(=O)C(/C=C\CC(=O)c1cc(N(C)COCNc2cccc(-n3[nH]nnc3=S)c2)ccc1O)C(C)=O. The van der Waals surface area contributed by atoms with Crippen LogP contribution in [0.2, 0.25) is 0 Å². The molecule has 0 aliphatic heterocycles. The van der Waals surface area contributed by atoms with Crippen LogP contribution >= 0.6 is 12.2 Å². The molecule has 0 radical (unpaired) electrons. The number of H-pyrrole nitrogens is 1. The van der Waals surface area contributed by atoms with Crippen LogP contribution in [-0.4, -0.2) is 70.5 Å². The number of ketones is 2. The van der Waals surface area contributed by atoms with Gasteiger partial charge in [-0.15, -0.1) is 0 Å². The second-order valence-corrected chi connectivity index (χ2v) is 8.55. The second kappa shape index (κ2) is 13.3. The number of carbonyl (C=O) groups is 3. The summed E-state index contributed by atoms with van der Waals surface area (Å²) in [5.74, 6) is -2.72. The van der Waals surface area contributed by atoms with Crippen LogP contribution in [0.1, 0.15) is 23.7 Å². The molecule has 3 N–H and O–H groups in total. The number of phenolic OH excluding ortho intramolecular Hbond substituents is 1. The van der Waals surface area contributed by atoms with E-state index in [0.29, 0.717) is 10.5 Å². The van der Waals surface area contributed by atoms with Gasteiger partial charge in [-0.25, -0.2) is 4.68 Å². The summed E-state index contributed by atoms with van der Waals surface area (Å²) in [5, 5.41) is 23.5. The Balaban J connectivity index is 1.55. The lowest BCUT2D eigenvalue weighted by atomic mass is 10.0. The number of nitrogens with one attached hydrogen (secondary N) is 2. The number of tetrazole rings is 1. The molecule has 0 fully saturated rings. The van der Waals surface area contributed by atoms with Gasteiger partial charge in [0.2, 0.25) is 4.77 Å². The topological polar surface area (TPSA) is 152 Å². The van der Waals surface area contributed by atoms with Gasteiger partial charge in [-0.05, 0) is 55.5 Å². The molecule has 0 aliphatic rings. The minimum atomic E-state index is -1.08. The third kappa shape index (κ3) is 7.33. The fourth-order valence-corrected chi connectivity index (χ4v) is 3.61. The molecule has 0 saturated carbocycles. The Morgan fingerprint density at radius 1 is 1.26 bits per heavy atom. The van der Waals surface area contributed by atoms with Gasteiger partial charge in [0.1, 0.15) is 30.9 Å². The maximum atomic E-state index is 12.7. The number of esters is 1. The zero-order chi connectivity index (χ0) is 27.7. The van der Waals surface area contributed by atoms with Crippen molar-refractivity contribution in [1.82, 2.24) is 20.2 Å². The fourth-order valence-electron chi connectivity index (χ4n) is 3.42. The number of hydrogen-bond donors (Lipinski definition) is 3. The minimum absolute atomic E-state index is 0.110. The van der Waals surface area contributed by atoms with E-state index in [0.717, 1.165) is 11.4 Å². The molecule has 12 nitrogen and oxygen atoms in total. The van der Waals surface area contributed by atoms with E-state index < -0.39 is 17.7 Å². The molecule has 0 amide bonds. The number of allylic oxidation sites excluding steroid dienone is 1. The normalized spacial score (nSPS) is 11.8. The summed E-state index contributed by atoms with van der Waals surface area (Å²) in [7, 11) is 2.97. The maximum absolute atomic E-state index is 12.7. The third-order valence-electron chi connectivity index (χ3n) is 5.49. The Morgan fingerprint density at radius 2 is 2.05 bits per heavy atom. The van der Waals surface area contributed by atoms with E-state index in [-0.39, 0.29) is 37.0 Å². The van der Waals surface area contributed by atoms with Gasteiger partial charge in [-0.3, -0.25) is 14.4 Å². The van der Waals surface area contributed by atoms with E-state index in [2.05, 4.69) is 25.6 Å². The highest BCUT2D eigenvalue weighted by atomic mass is 32.1. The highest BCUT2D eigenvalue weighted by Gasteiger charge is 2.21. The number of benzene rings is 2. The van der Waals surface area contributed by atoms with E-state index in [4.69, 9.17) is 17.0 Å². The maximum Gasteiger partial charge on any atom is 0.320 e. The Hall–Kier alpha value is -4.36. The summed E-state index contributed by atoms with van der Waals surface area (Å²) in [5.41, 5.74) is 2.32. The van der Waals surface area contributed by atoms with Gasteiger partial charge in [0.15, 0.2) is 5.78 Å². The molecule has 3 rings (SSSR count). The number of methoxy groups -OCH3 is 1. The summed E-state index contributed by atoms with van der Waals surface area (Å²) in [6, 6.07) is 12.1. The first-order chi connectivity index (χ1) is 18.2. The molecule has 0 saturated heterocycles. The van der Waals surface area contributed by atoms with Crippen molar-refractivity contribution >= 4 is 41.1 Å². The number of nitrogens with zero attached hydrogens (tertiary/aromatic N) is 4. The third-order valence-corrected chi connectivity index (χ3v) is 5.75. The average Bonchev–Trinajstić information content (AvgIpc) is 3.34. The first-order valence-corrected chi connectivity index (χ1v) is 11.9. The Morgan fingerprint density at radius 3 is 2.74 bits per heavy atom. The Labute approximate surface area is 223 Å². The molecule has 13 heteroatoms. The van der Waals surface area contributed by atoms with Crippen molar-refractivity contribution < 1.29 is 29.0 Å². The largest absolute Gasteiger partial charge is 0.507 e. The van der Waals surface area contributed by atoms with Crippen molar-refractivity contribution in [3.8, 4) is 11.4 Å². The van der Waals surface area contributed by atoms with Crippen molar-refractivity contribution in [3.63, 3.8) is 0 Å². The molecule has 200 valence electrons. The van der Waals surface area contributed by atoms with Crippen molar-refractivity contribution in [3.05, 3.63) is 65.0 Å². The van der Waals surface area contributed by atoms with E-state index in [1.807, 2.05) is 24.3 Å². The van der Waals surface area contributed by atoms with Crippen molar-refractivity contribution in [1.29, 1.82) is 0 Å². The predicted molar refractivity (Wildman–Crippen MR) is 142 cm³/mol. The number of rotatable bonds is 13. The zero-order valence-electron chi connectivity index (χ0n) is 21.1. The van der Waals surface area contributed by atoms with Crippen LogP contribution in [0.5, 0.6) is 5.75 Å². The molecule has 0 aliphatic carbocycles. The number of carbonyl (C=O) groups excluding carboxylic acids is 3. The van der Waals surface area contributed by atoms with Crippen LogP contribution in [0.3, 0.4) is 0 Å². The Bertz CT molecular complexity index is 1380. The molecular formula is C25H28N6O6S. The molecule has 1 atom stereocenters. The van der Waals surface area contributed by atoms with Gasteiger partial charge in [0.25, 0.3) is 0 Å². The molecule has 1 heterocycles. The number of ether oxygens (including phenoxy) is 2. The molecule has 0 bridgehead atoms. The second-order valence-electron chi connectivity index (χ2n) is 8.19. The first kappa shape index (κ1) is 28.2. The average molecular weight is 541 g/mol. The fraction of sp³-hybridized carbons (Fsp3) is 0.280. The molecule has 38 heavy (non-hydrogen) atoms. The lowest BCUT2D eigenvalue weighted by Gasteiger charge is -2.20. The number of phenols is 1. The lowest BCUT2D eigenvalue weighted by molar-refractivity contribution is -0.146. The van der Waals surface area contributed by atoms with Crippen LogP contribution in [0.15, 0.2) is 54.6 Å². The smallest absolute Gasteiger partial charge is 0.320 e. The number of Topliss-reactive ketones (excluding diaryl/α,β-unsaturated/α-hetero) is 2. The Kier molecular flexibility index (Phi) is 9.85. The number of aromatic hydroxyl groups is 1. The number of aromatic nitrogens is 4. The number of aromatic amines is 1. The summed E-state index contributed by atoms with van der Waals surface area (Å²) in [6.07, 6.45) is 2.64. The number of anilines is 2. The minimum Gasteiger partial charge on any atom is -0.507 e.